The van der Waals surface area contributed by atoms with Gasteiger partial charge in [-0.25, -0.2) is 9.09 Å². The first-order chi connectivity index (χ1) is 11.3. The molecule has 1 heterocycles. The van der Waals surface area contributed by atoms with Crippen molar-refractivity contribution >= 4 is 19.7 Å². The van der Waals surface area contributed by atoms with Crippen molar-refractivity contribution in [2.24, 2.45) is 0 Å². The number of aliphatic carboxylic acids is 1. The van der Waals surface area contributed by atoms with Crippen LogP contribution in [0.3, 0.4) is 0 Å². The quantitative estimate of drug-likeness (QED) is 0.153. The van der Waals surface area contributed by atoms with Crippen LogP contribution in [0.15, 0.2) is 0 Å². The van der Waals surface area contributed by atoms with Gasteiger partial charge < -0.3 is 50.2 Å². The normalized spacial score (nSPS) is 31.4. The molecule has 15 heteroatoms. The fraction of sp³-hybridized carbons (Fsp3) is 0.818. The molecule has 0 aromatic heterocycles. The van der Waals surface area contributed by atoms with Crippen LogP contribution in [0.5, 0.6) is 0 Å². The van der Waals surface area contributed by atoms with Crippen molar-refractivity contribution in [3.05, 3.63) is 0 Å². The van der Waals surface area contributed by atoms with Crippen molar-refractivity contribution in [3.8, 4) is 0 Å². The second kappa shape index (κ2) is 9.87. The second-order valence-electron chi connectivity index (χ2n) is 5.44. The van der Waals surface area contributed by atoms with Crippen molar-refractivity contribution in [3.63, 3.8) is 0 Å². The number of carbonyl (C=O) groups excluding carboxylic acids is 2. The Labute approximate surface area is 169 Å². The molecule has 0 aromatic carbocycles. The average molecular weight is 411 g/mol. The summed E-state index contributed by atoms with van der Waals surface area (Å²) in [5.41, 5.74) is 0. The van der Waals surface area contributed by atoms with Crippen LogP contribution in [0, 0.1) is 0 Å². The minimum atomic E-state index is -5.45. The van der Waals surface area contributed by atoms with Gasteiger partial charge in [-0.1, -0.05) is 0 Å². The van der Waals surface area contributed by atoms with Gasteiger partial charge in [0.2, 0.25) is 11.7 Å². The SMILES string of the molecule is CC(=O)N[C@H]1[C@H]([C@H](O)[C@H](O)CO)OC(OP(=O)(O)O)(C(=O)[O-])C[C@@H]1O.[Na+]. The van der Waals surface area contributed by atoms with Crippen LogP contribution in [-0.4, -0.2) is 84.9 Å². The van der Waals surface area contributed by atoms with Gasteiger partial charge in [0.1, 0.15) is 24.3 Å². The molecule has 7 N–H and O–H groups in total. The molecular formula is C11H19NNaO12P. The van der Waals surface area contributed by atoms with E-state index in [-0.39, 0.29) is 29.6 Å². The molecule has 13 nitrogen and oxygen atoms in total. The predicted molar refractivity (Wildman–Crippen MR) is 73.1 cm³/mol. The molecule has 26 heavy (non-hydrogen) atoms. The Morgan fingerprint density at radius 2 is 1.96 bits per heavy atom. The fourth-order valence-electron chi connectivity index (χ4n) is 2.40. The zero-order valence-electron chi connectivity index (χ0n) is 13.9. The number of carboxylic acid groups (broad SMARTS) is 1. The molecule has 1 aliphatic rings. The van der Waals surface area contributed by atoms with E-state index in [1.165, 1.54) is 0 Å². The Kier molecular flexibility index (Phi) is 9.81. The molecule has 0 radical (unpaired) electrons. The molecule has 1 aliphatic heterocycles. The zero-order valence-corrected chi connectivity index (χ0v) is 16.8. The van der Waals surface area contributed by atoms with Gasteiger partial charge in [0.05, 0.1) is 18.8 Å². The summed E-state index contributed by atoms with van der Waals surface area (Å²) in [6.45, 7) is 0.0347. The molecule has 146 valence electrons. The van der Waals surface area contributed by atoms with Gasteiger partial charge in [0, 0.05) is 13.3 Å². The monoisotopic (exact) mass is 411 g/mol. The van der Waals surface area contributed by atoms with Crippen molar-refractivity contribution in [2.75, 3.05) is 6.61 Å². The molecule has 0 bridgehead atoms. The standard InChI is InChI=1S/C11H20NO12P.Na/c1-4(14)12-7-5(15)2-11(10(18)19,24-25(20,21)22)23-9(7)8(17)6(16)3-13;/h5-9,13,15-17H,2-3H2,1H3,(H,12,14)(H,18,19)(H2,20,21,22);/q;+1/p-1/t5-,6+,7+,8+,9+,11?;/m0./s1. The fourth-order valence-corrected chi connectivity index (χ4v) is 2.98. The third-order valence-electron chi connectivity index (χ3n) is 3.44. The van der Waals surface area contributed by atoms with Crippen molar-refractivity contribution < 1.29 is 88.3 Å². The Hall–Kier alpha value is -0.150. The number of rotatable bonds is 7. The van der Waals surface area contributed by atoms with Crippen LogP contribution < -0.4 is 40.0 Å². The van der Waals surface area contributed by atoms with Gasteiger partial charge in [-0.2, -0.15) is 0 Å². The number of nitrogens with one attached hydrogen (secondary N) is 1. The summed E-state index contributed by atoms with van der Waals surface area (Å²) in [5, 5.41) is 52.0. The number of aliphatic hydroxyl groups excluding tert-OH is 4. The summed E-state index contributed by atoms with van der Waals surface area (Å²) in [5.74, 6) is -6.17. The van der Waals surface area contributed by atoms with E-state index in [0.717, 1.165) is 6.92 Å². The van der Waals surface area contributed by atoms with E-state index in [4.69, 9.17) is 19.6 Å². The molecule has 0 spiro atoms. The smallest absolute Gasteiger partial charge is 0.544 e. The summed E-state index contributed by atoms with van der Waals surface area (Å²) < 4.78 is 20.0. The molecule has 6 atom stereocenters. The summed E-state index contributed by atoms with van der Waals surface area (Å²) in [7, 11) is -5.45. The van der Waals surface area contributed by atoms with Crippen molar-refractivity contribution in [2.45, 2.75) is 49.6 Å². The third kappa shape index (κ3) is 6.48. The van der Waals surface area contributed by atoms with E-state index in [0.29, 0.717) is 0 Å². The van der Waals surface area contributed by atoms with Gasteiger partial charge in [0.25, 0.3) is 0 Å². The Morgan fingerprint density at radius 3 is 2.35 bits per heavy atom. The maximum Gasteiger partial charge on any atom is 1.00 e. The number of carbonyl (C=O) groups is 2. The molecule has 1 unspecified atom stereocenters. The third-order valence-corrected chi connectivity index (χ3v) is 3.97. The Bertz CT molecular complexity index is 557. The van der Waals surface area contributed by atoms with Crippen LogP contribution in [0.2, 0.25) is 0 Å². The molecular weight excluding hydrogens is 392 g/mol. The van der Waals surface area contributed by atoms with Gasteiger partial charge in [0.15, 0.2) is 0 Å². The van der Waals surface area contributed by atoms with Crippen molar-refractivity contribution in [1.82, 2.24) is 5.32 Å². The largest absolute Gasteiger partial charge is 1.00 e. The first kappa shape index (κ1) is 25.9. The van der Waals surface area contributed by atoms with Crippen LogP contribution in [-0.2, 0) is 23.4 Å². The van der Waals surface area contributed by atoms with E-state index in [1.807, 2.05) is 0 Å². The molecule has 0 saturated carbocycles. The number of ether oxygens (including phenoxy) is 1. The number of hydrogen-bond donors (Lipinski definition) is 7. The van der Waals surface area contributed by atoms with Gasteiger partial charge >= 0.3 is 37.4 Å². The number of phosphoric ester groups is 1. The Morgan fingerprint density at radius 1 is 1.42 bits per heavy atom. The van der Waals surface area contributed by atoms with E-state index >= 15 is 0 Å². The predicted octanol–water partition coefficient (Wildman–Crippen LogP) is -8.09. The van der Waals surface area contributed by atoms with Crippen LogP contribution in [0.1, 0.15) is 13.3 Å². The van der Waals surface area contributed by atoms with Crippen LogP contribution in [0.25, 0.3) is 0 Å². The van der Waals surface area contributed by atoms with Crippen molar-refractivity contribution in [1.29, 1.82) is 0 Å². The van der Waals surface area contributed by atoms with E-state index in [9.17, 15) is 34.6 Å². The minimum Gasteiger partial charge on any atom is -0.544 e. The summed E-state index contributed by atoms with van der Waals surface area (Å²) in [6, 6.07) is -1.48. The zero-order chi connectivity index (χ0) is 19.6. The number of amides is 1. The van der Waals surface area contributed by atoms with Crippen LogP contribution in [0.4, 0.5) is 0 Å². The molecule has 0 aliphatic carbocycles. The first-order valence-corrected chi connectivity index (χ1v) is 8.43. The molecule has 1 saturated heterocycles. The summed E-state index contributed by atoms with van der Waals surface area (Å²) >= 11 is 0. The topological polar surface area (TPSA) is 226 Å². The summed E-state index contributed by atoms with van der Waals surface area (Å²) in [4.78, 5) is 40.3. The number of carboxylic acids is 1. The van der Waals surface area contributed by atoms with E-state index in [1.54, 1.807) is 0 Å². The number of hydrogen-bond acceptors (Lipinski definition) is 10. The molecule has 1 amide bonds. The van der Waals surface area contributed by atoms with Gasteiger partial charge in [-0.15, -0.1) is 0 Å². The second-order valence-corrected chi connectivity index (χ2v) is 6.61. The maximum atomic E-state index is 11.3. The maximum absolute atomic E-state index is 11.3. The molecule has 1 rings (SSSR count). The molecule has 0 aromatic rings. The van der Waals surface area contributed by atoms with E-state index in [2.05, 4.69) is 9.84 Å². The van der Waals surface area contributed by atoms with Crippen LogP contribution >= 0.6 is 7.82 Å². The van der Waals surface area contributed by atoms with E-state index < -0.39 is 69.0 Å². The summed E-state index contributed by atoms with van der Waals surface area (Å²) in [6.07, 6.45) is -8.76. The minimum absolute atomic E-state index is 0. The molecule has 1 fully saturated rings. The number of aliphatic hydroxyl groups is 4. The Balaban J connectivity index is 0.00000625. The van der Waals surface area contributed by atoms with Gasteiger partial charge in [-0.3, -0.25) is 4.79 Å². The average Bonchev–Trinajstić information content (AvgIpc) is 2.46. The number of phosphoric acid groups is 1. The first-order valence-electron chi connectivity index (χ1n) is 6.90. The van der Waals surface area contributed by atoms with Gasteiger partial charge in [-0.05, 0) is 0 Å².